The van der Waals surface area contributed by atoms with Gasteiger partial charge in [0, 0.05) is 18.3 Å². The van der Waals surface area contributed by atoms with Gasteiger partial charge < -0.3 is 10.2 Å². The van der Waals surface area contributed by atoms with Crippen molar-refractivity contribution in [3.8, 4) is 0 Å². The summed E-state index contributed by atoms with van der Waals surface area (Å²) in [6.45, 7) is 5.41. The Labute approximate surface area is 90.1 Å². The highest BCUT2D eigenvalue weighted by atomic mass is 16.2. The number of aryl methyl sites for hydroxylation is 1. The summed E-state index contributed by atoms with van der Waals surface area (Å²) in [7, 11) is 0. The van der Waals surface area contributed by atoms with Crippen molar-refractivity contribution in [3.05, 3.63) is 29.8 Å². The van der Waals surface area contributed by atoms with E-state index in [0.717, 1.165) is 17.8 Å². The number of anilines is 1. The highest BCUT2D eigenvalue weighted by molar-refractivity contribution is 5.96. The van der Waals surface area contributed by atoms with Crippen LogP contribution >= 0.6 is 0 Å². The molecule has 15 heavy (non-hydrogen) atoms. The van der Waals surface area contributed by atoms with E-state index in [1.807, 2.05) is 36.1 Å². The lowest BCUT2D eigenvalue weighted by Gasteiger charge is -2.34. The molecule has 1 heterocycles. The number of amides is 1. The Bertz CT molecular complexity index is 376. The Morgan fingerprint density at radius 1 is 1.40 bits per heavy atom. The number of carbonyl (C=O) groups excluding carboxylic acids is 1. The van der Waals surface area contributed by atoms with Gasteiger partial charge >= 0.3 is 0 Å². The van der Waals surface area contributed by atoms with E-state index in [9.17, 15) is 4.79 Å². The maximum atomic E-state index is 11.8. The van der Waals surface area contributed by atoms with Crippen LogP contribution in [0.4, 0.5) is 5.69 Å². The van der Waals surface area contributed by atoms with Gasteiger partial charge in [0.1, 0.15) is 0 Å². The van der Waals surface area contributed by atoms with Crippen LogP contribution < -0.4 is 10.2 Å². The molecule has 2 rings (SSSR count). The molecule has 1 aliphatic heterocycles. The van der Waals surface area contributed by atoms with Gasteiger partial charge in [0.25, 0.3) is 0 Å². The van der Waals surface area contributed by atoms with Crippen LogP contribution in [0.1, 0.15) is 12.5 Å². The van der Waals surface area contributed by atoms with Crippen LogP contribution in [0.3, 0.4) is 0 Å². The molecule has 1 saturated heterocycles. The fraction of sp³-hybridized carbons (Fsp3) is 0.417. The lowest BCUT2D eigenvalue weighted by Crippen LogP contribution is -2.54. The molecule has 0 radical (unpaired) electrons. The number of nitrogens with zero attached hydrogens (tertiary/aromatic N) is 1. The Morgan fingerprint density at radius 2 is 2.13 bits per heavy atom. The second kappa shape index (κ2) is 4.03. The fourth-order valence-electron chi connectivity index (χ4n) is 2.02. The number of hydrogen-bond acceptors (Lipinski definition) is 2. The third-order valence-electron chi connectivity index (χ3n) is 2.80. The Kier molecular flexibility index (Phi) is 2.73. The van der Waals surface area contributed by atoms with Crippen molar-refractivity contribution < 1.29 is 4.79 Å². The van der Waals surface area contributed by atoms with E-state index in [1.165, 1.54) is 0 Å². The SMILES string of the molecule is Cc1ccccc1N1C(=O)CNCC1C. The van der Waals surface area contributed by atoms with E-state index < -0.39 is 0 Å². The van der Waals surface area contributed by atoms with Crippen molar-refractivity contribution >= 4 is 11.6 Å². The van der Waals surface area contributed by atoms with Gasteiger partial charge in [-0.1, -0.05) is 18.2 Å². The molecule has 0 saturated carbocycles. The van der Waals surface area contributed by atoms with E-state index in [0.29, 0.717) is 6.54 Å². The van der Waals surface area contributed by atoms with Gasteiger partial charge in [-0.05, 0) is 25.5 Å². The van der Waals surface area contributed by atoms with Gasteiger partial charge in [-0.25, -0.2) is 0 Å². The van der Waals surface area contributed by atoms with Crippen molar-refractivity contribution in [2.45, 2.75) is 19.9 Å². The molecule has 0 bridgehead atoms. The molecule has 1 atom stereocenters. The summed E-state index contributed by atoms with van der Waals surface area (Å²) < 4.78 is 0. The first kappa shape index (κ1) is 10.2. The van der Waals surface area contributed by atoms with Crippen molar-refractivity contribution in [3.63, 3.8) is 0 Å². The van der Waals surface area contributed by atoms with Gasteiger partial charge in [-0.15, -0.1) is 0 Å². The van der Waals surface area contributed by atoms with Gasteiger partial charge in [0.05, 0.1) is 6.54 Å². The third kappa shape index (κ3) is 1.88. The van der Waals surface area contributed by atoms with Gasteiger partial charge in [0.2, 0.25) is 5.91 Å². The molecule has 80 valence electrons. The molecule has 1 aliphatic rings. The predicted molar refractivity (Wildman–Crippen MR) is 61.0 cm³/mol. The molecule has 1 unspecified atom stereocenters. The van der Waals surface area contributed by atoms with Crippen LogP contribution in [-0.2, 0) is 4.79 Å². The number of para-hydroxylation sites is 1. The van der Waals surface area contributed by atoms with Crippen molar-refractivity contribution in [2.24, 2.45) is 0 Å². The lowest BCUT2D eigenvalue weighted by atomic mass is 10.1. The molecule has 0 aliphatic carbocycles. The van der Waals surface area contributed by atoms with Crippen molar-refractivity contribution in [2.75, 3.05) is 18.0 Å². The van der Waals surface area contributed by atoms with E-state index in [1.54, 1.807) is 0 Å². The quantitative estimate of drug-likeness (QED) is 0.748. The maximum absolute atomic E-state index is 11.8. The minimum Gasteiger partial charge on any atom is -0.307 e. The highest BCUT2D eigenvalue weighted by Crippen LogP contribution is 2.22. The molecule has 1 N–H and O–H groups in total. The fourth-order valence-corrected chi connectivity index (χ4v) is 2.02. The zero-order valence-corrected chi connectivity index (χ0v) is 9.16. The summed E-state index contributed by atoms with van der Waals surface area (Å²) in [5.74, 6) is 0.156. The molecule has 0 spiro atoms. The number of rotatable bonds is 1. The molecule has 1 amide bonds. The van der Waals surface area contributed by atoms with Gasteiger partial charge in [-0.3, -0.25) is 4.79 Å². The highest BCUT2D eigenvalue weighted by Gasteiger charge is 2.26. The van der Waals surface area contributed by atoms with E-state index in [-0.39, 0.29) is 11.9 Å². The van der Waals surface area contributed by atoms with E-state index in [4.69, 9.17) is 0 Å². The second-order valence-corrected chi connectivity index (χ2v) is 4.03. The number of benzene rings is 1. The molecule has 1 aromatic rings. The number of hydrogen-bond donors (Lipinski definition) is 1. The van der Waals surface area contributed by atoms with E-state index >= 15 is 0 Å². The molecule has 3 heteroatoms. The monoisotopic (exact) mass is 204 g/mol. The van der Waals surface area contributed by atoms with E-state index in [2.05, 4.69) is 12.2 Å². The third-order valence-corrected chi connectivity index (χ3v) is 2.80. The molecule has 0 aromatic heterocycles. The zero-order chi connectivity index (χ0) is 10.8. The van der Waals surface area contributed by atoms with Crippen LogP contribution in [0.25, 0.3) is 0 Å². The summed E-state index contributed by atoms with van der Waals surface area (Å²) in [6.07, 6.45) is 0. The minimum atomic E-state index is 0.156. The zero-order valence-electron chi connectivity index (χ0n) is 9.16. The molecule has 3 nitrogen and oxygen atoms in total. The van der Waals surface area contributed by atoms with Crippen LogP contribution in [0, 0.1) is 6.92 Å². The Balaban J connectivity index is 2.36. The standard InChI is InChI=1S/C12H16N2O/c1-9-5-3-4-6-11(9)14-10(2)7-13-8-12(14)15/h3-6,10,13H,7-8H2,1-2H3. The summed E-state index contributed by atoms with van der Waals surface area (Å²) in [5, 5.41) is 3.11. The summed E-state index contributed by atoms with van der Waals surface area (Å²) in [5.41, 5.74) is 2.19. The summed E-state index contributed by atoms with van der Waals surface area (Å²) in [6, 6.07) is 8.25. The first-order valence-corrected chi connectivity index (χ1v) is 5.28. The normalized spacial score (nSPS) is 21.9. The second-order valence-electron chi connectivity index (χ2n) is 4.03. The molecule has 1 aromatic carbocycles. The van der Waals surface area contributed by atoms with Crippen molar-refractivity contribution in [1.82, 2.24) is 5.32 Å². The van der Waals surface area contributed by atoms with Crippen molar-refractivity contribution in [1.29, 1.82) is 0 Å². The van der Waals surface area contributed by atoms with Gasteiger partial charge in [0.15, 0.2) is 0 Å². The lowest BCUT2D eigenvalue weighted by molar-refractivity contribution is -0.119. The van der Waals surface area contributed by atoms with Crippen LogP contribution in [-0.4, -0.2) is 25.0 Å². The summed E-state index contributed by atoms with van der Waals surface area (Å²) in [4.78, 5) is 13.7. The molecular formula is C12H16N2O. The van der Waals surface area contributed by atoms with Gasteiger partial charge in [-0.2, -0.15) is 0 Å². The van der Waals surface area contributed by atoms with Crippen LogP contribution in [0.2, 0.25) is 0 Å². The predicted octanol–water partition coefficient (Wildman–Crippen LogP) is 1.32. The average molecular weight is 204 g/mol. The minimum absolute atomic E-state index is 0.156. The first-order chi connectivity index (χ1) is 7.20. The maximum Gasteiger partial charge on any atom is 0.241 e. The number of nitrogens with one attached hydrogen (secondary N) is 1. The summed E-state index contributed by atoms with van der Waals surface area (Å²) >= 11 is 0. The largest absolute Gasteiger partial charge is 0.307 e. The Morgan fingerprint density at radius 3 is 2.80 bits per heavy atom. The number of carbonyl (C=O) groups is 1. The van der Waals surface area contributed by atoms with Crippen LogP contribution in [0.5, 0.6) is 0 Å². The topological polar surface area (TPSA) is 32.3 Å². The van der Waals surface area contributed by atoms with Crippen LogP contribution in [0.15, 0.2) is 24.3 Å². The first-order valence-electron chi connectivity index (χ1n) is 5.28. The number of piperazine rings is 1. The average Bonchev–Trinajstić information content (AvgIpc) is 2.20. The molecular weight excluding hydrogens is 188 g/mol. The molecule has 1 fully saturated rings. The Hall–Kier alpha value is -1.35. The smallest absolute Gasteiger partial charge is 0.241 e.